The molecule has 0 radical (unpaired) electrons. The molecule has 1 aromatic heterocycles. The zero-order chi connectivity index (χ0) is 15.7. The highest BCUT2D eigenvalue weighted by molar-refractivity contribution is 5.81. The van der Waals surface area contributed by atoms with Gasteiger partial charge in [-0.3, -0.25) is 10.1 Å². The normalized spacial score (nSPS) is 18.4. The number of nitrogens with zero attached hydrogens (tertiary/aromatic N) is 3. The molecule has 7 nitrogen and oxygen atoms in total. The third kappa shape index (κ3) is 2.52. The smallest absolute Gasteiger partial charge is 0.407 e. The topological polar surface area (TPSA) is 88.6 Å². The maximum atomic E-state index is 11.3. The van der Waals surface area contributed by atoms with Crippen LogP contribution in [0.1, 0.15) is 11.6 Å². The Morgan fingerprint density at radius 2 is 2.14 bits per heavy atom. The van der Waals surface area contributed by atoms with Crippen molar-refractivity contribution in [1.29, 1.82) is 0 Å². The van der Waals surface area contributed by atoms with E-state index in [4.69, 9.17) is 0 Å². The minimum absolute atomic E-state index is 0.218. The van der Waals surface area contributed by atoms with E-state index in [9.17, 15) is 20.0 Å². The number of fused-ring (bicyclic) bond motifs is 3. The number of nitro groups is 1. The summed E-state index contributed by atoms with van der Waals surface area (Å²) >= 11 is 0. The SMILES string of the molecule is O=C(O)N1CCn2c(cc3ccccc32)C(C=C[N+](=O)[O-])C1. The van der Waals surface area contributed by atoms with Crippen LogP contribution in [0.2, 0.25) is 0 Å². The lowest BCUT2D eigenvalue weighted by Crippen LogP contribution is -2.33. The first-order valence-corrected chi connectivity index (χ1v) is 6.94. The van der Waals surface area contributed by atoms with Gasteiger partial charge in [-0.05, 0) is 23.6 Å². The van der Waals surface area contributed by atoms with Crippen molar-refractivity contribution in [3.63, 3.8) is 0 Å². The lowest BCUT2D eigenvalue weighted by molar-refractivity contribution is -0.402. The van der Waals surface area contributed by atoms with Gasteiger partial charge < -0.3 is 14.6 Å². The van der Waals surface area contributed by atoms with Crippen LogP contribution >= 0.6 is 0 Å². The number of amides is 1. The number of hydrogen-bond acceptors (Lipinski definition) is 3. The fraction of sp³-hybridized carbons (Fsp3) is 0.267. The van der Waals surface area contributed by atoms with E-state index in [1.165, 1.54) is 11.0 Å². The van der Waals surface area contributed by atoms with E-state index in [1.54, 1.807) is 0 Å². The number of hydrogen-bond donors (Lipinski definition) is 1. The van der Waals surface area contributed by atoms with Crippen LogP contribution in [0.15, 0.2) is 42.6 Å². The molecule has 1 atom stereocenters. The fourth-order valence-corrected chi connectivity index (χ4v) is 2.94. The van der Waals surface area contributed by atoms with Gasteiger partial charge in [0.1, 0.15) is 0 Å². The molecule has 0 fully saturated rings. The van der Waals surface area contributed by atoms with E-state index in [0.29, 0.717) is 13.1 Å². The highest BCUT2D eigenvalue weighted by Gasteiger charge is 2.26. The number of carboxylic acid groups (broad SMARTS) is 1. The Bertz CT molecular complexity index is 765. The van der Waals surface area contributed by atoms with Crippen molar-refractivity contribution in [3.05, 3.63) is 58.4 Å². The van der Waals surface area contributed by atoms with Crippen LogP contribution in [0.4, 0.5) is 4.79 Å². The van der Waals surface area contributed by atoms with Crippen molar-refractivity contribution in [2.45, 2.75) is 12.5 Å². The van der Waals surface area contributed by atoms with Gasteiger partial charge in [0.15, 0.2) is 0 Å². The molecule has 7 heteroatoms. The highest BCUT2D eigenvalue weighted by Crippen LogP contribution is 2.29. The van der Waals surface area contributed by atoms with Gasteiger partial charge in [0, 0.05) is 36.8 Å². The molecule has 1 unspecified atom stereocenters. The van der Waals surface area contributed by atoms with E-state index in [1.807, 2.05) is 34.9 Å². The molecule has 1 aliphatic heterocycles. The van der Waals surface area contributed by atoms with Crippen LogP contribution in [0.5, 0.6) is 0 Å². The van der Waals surface area contributed by atoms with Gasteiger partial charge in [-0.15, -0.1) is 0 Å². The van der Waals surface area contributed by atoms with Crippen molar-refractivity contribution < 1.29 is 14.8 Å². The molecule has 2 heterocycles. The first-order valence-electron chi connectivity index (χ1n) is 6.94. The number of benzene rings is 1. The number of aromatic nitrogens is 1. The van der Waals surface area contributed by atoms with Gasteiger partial charge >= 0.3 is 6.09 Å². The molecule has 1 aromatic carbocycles. The molecule has 1 N–H and O–H groups in total. The summed E-state index contributed by atoms with van der Waals surface area (Å²) in [6, 6.07) is 9.81. The summed E-state index contributed by atoms with van der Waals surface area (Å²) in [5.74, 6) is -0.337. The van der Waals surface area contributed by atoms with E-state index >= 15 is 0 Å². The van der Waals surface area contributed by atoms with Crippen LogP contribution in [-0.2, 0) is 6.54 Å². The molecule has 0 bridgehead atoms. The van der Waals surface area contributed by atoms with E-state index in [2.05, 4.69) is 0 Å². The van der Waals surface area contributed by atoms with E-state index < -0.39 is 11.0 Å². The fourth-order valence-electron chi connectivity index (χ4n) is 2.94. The lowest BCUT2D eigenvalue weighted by Gasteiger charge is -2.18. The Labute approximate surface area is 126 Å². The standard InChI is InChI=1S/C15H15N3O4/c19-15(20)16-7-8-17-13-4-2-1-3-11(13)9-14(17)12(10-16)5-6-18(21)22/h1-6,9,12H,7-8,10H2,(H,19,20). The van der Waals surface area contributed by atoms with Crippen LogP contribution in [-0.4, -0.2) is 38.7 Å². The zero-order valence-electron chi connectivity index (χ0n) is 11.8. The molecule has 2 aromatic rings. The Morgan fingerprint density at radius 3 is 2.86 bits per heavy atom. The molecule has 1 amide bonds. The number of para-hydroxylation sites is 1. The second-order valence-corrected chi connectivity index (χ2v) is 5.24. The molecule has 3 rings (SSSR count). The summed E-state index contributed by atoms with van der Waals surface area (Å²) in [5, 5.41) is 20.9. The molecule has 114 valence electrons. The summed E-state index contributed by atoms with van der Waals surface area (Å²) in [6.07, 6.45) is 1.35. The number of rotatable bonds is 2. The monoisotopic (exact) mass is 301 g/mol. The Morgan fingerprint density at radius 1 is 1.36 bits per heavy atom. The largest absolute Gasteiger partial charge is 0.465 e. The molecule has 1 aliphatic rings. The summed E-state index contributed by atoms with van der Waals surface area (Å²) in [4.78, 5) is 22.7. The zero-order valence-corrected chi connectivity index (χ0v) is 11.8. The first kappa shape index (κ1) is 14.1. The molecule has 0 aliphatic carbocycles. The van der Waals surface area contributed by atoms with Crippen LogP contribution in [0.3, 0.4) is 0 Å². The Hall–Kier alpha value is -2.83. The first-order chi connectivity index (χ1) is 10.6. The van der Waals surface area contributed by atoms with Gasteiger partial charge in [-0.2, -0.15) is 0 Å². The summed E-state index contributed by atoms with van der Waals surface area (Å²) in [6.45, 7) is 1.12. The number of carbonyl (C=O) groups is 1. The van der Waals surface area contributed by atoms with Gasteiger partial charge in [0.05, 0.1) is 4.92 Å². The molecular weight excluding hydrogens is 286 g/mol. The second-order valence-electron chi connectivity index (χ2n) is 5.24. The lowest BCUT2D eigenvalue weighted by atomic mass is 10.0. The predicted molar refractivity (Wildman–Crippen MR) is 80.4 cm³/mol. The third-order valence-corrected chi connectivity index (χ3v) is 3.94. The van der Waals surface area contributed by atoms with Crippen molar-refractivity contribution >= 4 is 17.0 Å². The molecule has 0 saturated heterocycles. The third-order valence-electron chi connectivity index (χ3n) is 3.94. The maximum absolute atomic E-state index is 11.3. The summed E-state index contributed by atoms with van der Waals surface area (Å²) < 4.78 is 2.05. The van der Waals surface area contributed by atoms with Gasteiger partial charge in [-0.25, -0.2) is 4.79 Å². The predicted octanol–water partition coefficient (Wildman–Crippen LogP) is 2.51. The van der Waals surface area contributed by atoms with Gasteiger partial charge in [-0.1, -0.05) is 18.2 Å². The molecule has 0 spiro atoms. The van der Waals surface area contributed by atoms with E-state index in [-0.39, 0.29) is 12.5 Å². The van der Waals surface area contributed by atoms with Crippen molar-refractivity contribution in [2.75, 3.05) is 13.1 Å². The molecular formula is C15H15N3O4. The average Bonchev–Trinajstić information content (AvgIpc) is 2.74. The van der Waals surface area contributed by atoms with Crippen LogP contribution in [0, 0.1) is 10.1 Å². The van der Waals surface area contributed by atoms with E-state index in [0.717, 1.165) is 22.8 Å². The minimum atomic E-state index is -1.01. The van der Waals surface area contributed by atoms with Gasteiger partial charge in [0.2, 0.25) is 6.20 Å². The quantitative estimate of drug-likeness (QED) is 0.682. The minimum Gasteiger partial charge on any atom is -0.465 e. The van der Waals surface area contributed by atoms with Crippen molar-refractivity contribution in [3.8, 4) is 0 Å². The van der Waals surface area contributed by atoms with Crippen LogP contribution in [0.25, 0.3) is 10.9 Å². The van der Waals surface area contributed by atoms with Gasteiger partial charge in [0.25, 0.3) is 0 Å². The summed E-state index contributed by atoms with van der Waals surface area (Å²) in [5.41, 5.74) is 1.92. The van der Waals surface area contributed by atoms with Crippen LogP contribution < -0.4 is 0 Å². The summed E-state index contributed by atoms with van der Waals surface area (Å²) in [7, 11) is 0. The second kappa shape index (κ2) is 5.51. The average molecular weight is 301 g/mol. The molecule has 22 heavy (non-hydrogen) atoms. The Kier molecular flexibility index (Phi) is 3.54. The highest BCUT2D eigenvalue weighted by atomic mass is 16.6. The maximum Gasteiger partial charge on any atom is 0.407 e. The van der Waals surface area contributed by atoms with Crippen molar-refractivity contribution in [1.82, 2.24) is 9.47 Å². The van der Waals surface area contributed by atoms with Crippen molar-refractivity contribution in [2.24, 2.45) is 0 Å². The molecule has 0 saturated carbocycles. The Balaban J connectivity index is 2.08.